The highest BCUT2D eigenvalue weighted by atomic mass is 19.4. The molecule has 0 saturated heterocycles. The first-order valence-electron chi connectivity index (χ1n) is 5.36. The van der Waals surface area contributed by atoms with Crippen LogP contribution in [-0.2, 0) is 6.18 Å². The third-order valence-corrected chi connectivity index (χ3v) is 2.61. The van der Waals surface area contributed by atoms with Crippen molar-refractivity contribution in [3.05, 3.63) is 29.6 Å². The first-order valence-corrected chi connectivity index (χ1v) is 5.36. The summed E-state index contributed by atoms with van der Waals surface area (Å²) in [5.41, 5.74) is 1.82. The van der Waals surface area contributed by atoms with Crippen LogP contribution in [0.5, 0.6) is 0 Å². The number of rotatable bonds is 1. The predicted octanol–water partition coefficient (Wildman–Crippen LogP) is 3.94. The second kappa shape index (κ2) is 3.75. The van der Waals surface area contributed by atoms with Crippen LogP contribution in [0.3, 0.4) is 0 Å². The Morgan fingerprint density at radius 3 is 2.41 bits per heavy atom. The zero-order valence-electron chi connectivity index (χ0n) is 9.84. The molecule has 1 aromatic carbocycles. The van der Waals surface area contributed by atoms with Crippen molar-refractivity contribution in [1.82, 2.24) is 9.55 Å². The lowest BCUT2D eigenvalue weighted by molar-refractivity contribution is -0.147. The Morgan fingerprint density at radius 1 is 1.24 bits per heavy atom. The maximum atomic E-state index is 12.9. The molecule has 0 bridgehead atoms. The normalized spacial score (nSPS) is 12.6. The van der Waals surface area contributed by atoms with Crippen molar-refractivity contribution in [2.75, 3.05) is 0 Å². The first kappa shape index (κ1) is 12.0. The largest absolute Gasteiger partial charge is 0.449 e. The van der Waals surface area contributed by atoms with Gasteiger partial charge in [0.15, 0.2) is 0 Å². The molecule has 0 aliphatic carbocycles. The van der Waals surface area contributed by atoms with Crippen LogP contribution in [0, 0.1) is 6.92 Å². The van der Waals surface area contributed by atoms with Gasteiger partial charge in [0.05, 0.1) is 11.0 Å². The molecular weight excluding hydrogens is 229 g/mol. The molecule has 1 aromatic heterocycles. The molecule has 0 saturated carbocycles. The van der Waals surface area contributed by atoms with Crippen LogP contribution in [0.4, 0.5) is 13.2 Å². The fourth-order valence-electron chi connectivity index (χ4n) is 1.93. The standard InChI is InChI=1S/C12H13F3N2/c1-7(2)17-10-5-4-8(3)6-9(10)16-11(17)12(13,14)15/h4-7H,1-3H3. The number of nitrogens with zero attached hydrogens (tertiary/aromatic N) is 2. The van der Waals surface area contributed by atoms with Gasteiger partial charge in [-0.25, -0.2) is 4.98 Å². The zero-order chi connectivity index (χ0) is 12.8. The number of imidazole rings is 1. The molecule has 17 heavy (non-hydrogen) atoms. The van der Waals surface area contributed by atoms with E-state index in [4.69, 9.17) is 0 Å². The van der Waals surface area contributed by atoms with Gasteiger partial charge in [0, 0.05) is 6.04 Å². The molecule has 0 aliphatic heterocycles. The third kappa shape index (κ3) is 2.01. The fraction of sp³-hybridized carbons (Fsp3) is 0.417. The highest BCUT2D eigenvalue weighted by molar-refractivity contribution is 5.77. The van der Waals surface area contributed by atoms with Crippen molar-refractivity contribution in [2.24, 2.45) is 0 Å². The van der Waals surface area contributed by atoms with Gasteiger partial charge in [-0.3, -0.25) is 0 Å². The Morgan fingerprint density at radius 2 is 1.88 bits per heavy atom. The van der Waals surface area contributed by atoms with E-state index in [0.717, 1.165) is 5.56 Å². The molecule has 0 amide bonds. The molecule has 0 aliphatic rings. The summed E-state index contributed by atoms with van der Waals surface area (Å²) < 4.78 is 39.8. The van der Waals surface area contributed by atoms with Crippen molar-refractivity contribution >= 4 is 11.0 Å². The molecule has 0 unspecified atom stereocenters. The fourth-order valence-corrected chi connectivity index (χ4v) is 1.93. The second-order valence-corrected chi connectivity index (χ2v) is 4.39. The summed E-state index contributed by atoms with van der Waals surface area (Å²) in [7, 11) is 0. The highest BCUT2D eigenvalue weighted by Crippen LogP contribution is 2.33. The number of hydrogen-bond acceptors (Lipinski definition) is 1. The highest BCUT2D eigenvalue weighted by Gasteiger charge is 2.38. The Balaban J connectivity index is 2.80. The van der Waals surface area contributed by atoms with Crippen LogP contribution in [0.2, 0.25) is 0 Å². The number of alkyl halides is 3. The maximum absolute atomic E-state index is 12.9. The summed E-state index contributed by atoms with van der Waals surface area (Å²) in [6.45, 7) is 5.27. The van der Waals surface area contributed by atoms with E-state index in [1.165, 1.54) is 4.57 Å². The predicted molar refractivity (Wildman–Crippen MR) is 59.9 cm³/mol. The number of aryl methyl sites for hydroxylation is 1. The van der Waals surface area contributed by atoms with Gasteiger partial charge in [0.2, 0.25) is 5.82 Å². The smallest absolute Gasteiger partial charge is 0.318 e. The summed E-state index contributed by atoms with van der Waals surface area (Å²) in [6.07, 6.45) is -4.42. The SMILES string of the molecule is Cc1ccc2c(c1)nc(C(F)(F)F)n2C(C)C. The third-order valence-electron chi connectivity index (χ3n) is 2.61. The molecular formula is C12H13F3N2. The maximum Gasteiger partial charge on any atom is 0.449 e. The van der Waals surface area contributed by atoms with Gasteiger partial charge in [-0.15, -0.1) is 0 Å². The Kier molecular flexibility index (Phi) is 2.64. The molecule has 2 rings (SSSR count). The molecule has 2 nitrogen and oxygen atoms in total. The van der Waals surface area contributed by atoms with E-state index in [9.17, 15) is 13.2 Å². The molecule has 0 fully saturated rings. The van der Waals surface area contributed by atoms with Gasteiger partial charge in [-0.2, -0.15) is 13.2 Å². The number of fused-ring (bicyclic) bond motifs is 1. The van der Waals surface area contributed by atoms with Crippen molar-refractivity contribution in [3.63, 3.8) is 0 Å². The monoisotopic (exact) mass is 242 g/mol. The summed E-state index contributed by atoms with van der Waals surface area (Å²) in [6, 6.07) is 4.87. The average Bonchev–Trinajstić information content (AvgIpc) is 2.55. The molecule has 92 valence electrons. The van der Waals surface area contributed by atoms with Crippen LogP contribution < -0.4 is 0 Å². The van der Waals surface area contributed by atoms with Gasteiger partial charge >= 0.3 is 6.18 Å². The molecule has 2 aromatic rings. The van der Waals surface area contributed by atoms with Gasteiger partial charge in [0.25, 0.3) is 0 Å². The van der Waals surface area contributed by atoms with Crippen molar-refractivity contribution in [3.8, 4) is 0 Å². The topological polar surface area (TPSA) is 17.8 Å². The molecule has 1 heterocycles. The quantitative estimate of drug-likeness (QED) is 0.740. The van der Waals surface area contributed by atoms with E-state index in [2.05, 4.69) is 4.98 Å². The summed E-state index contributed by atoms with van der Waals surface area (Å²) in [5, 5.41) is 0. The second-order valence-electron chi connectivity index (χ2n) is 4.39. The van der Waals surface area contributed by atoms with E-state index in [-0.39, 0.29) is 6.04 Å². The molecule has 0 atom stereocenters. The van der Waals surface area contributed by atoms with Gasteiger partial charge in [-0.05, 0) is 38.5 Å². The van der Waals surface area contributed by atoms with E-state index < -0.39 is 12.0 Å². The van der Waals surface area contributed by atoms with Crippen molar-refractivity contribution < 1.29 is 13.2 Å². The van der Waals surface area contributed by atoms with Crippen molar-refractivity contribution in [1.29, 1.82) is 0 Å². The number of aromatic nitrogens is 2. The van der Waals surface area contributed by atoms with Crippen molar-refractivity contribution in [2.45, 2.75) is 33.0 Å². The zero-order valence-corrected chi connectivity index (χ0v) is 9.84. The van der Waals surface area contributed by atoms with E-state index in [1.54, 1.807) is 32.0 Å². The van der Waals surface area contributed by atoms with Crippen LogP contribution in [-0.4, -0.2) is 9.55 Å². The minimum Gasteiger partial charge on any atom is -0.318 e. The summed E-state index contributed by atoms with van der Waals surface area (Å²) in [4.78, 5) is 3.70. The summed E-state index contributed by atoms with van der Waals surface area (Å²) in [5.74, 6) is -0.826. The summed E-state index contributed by atoms with van der Waals surface area (Å²) >= 11 is 0. The molecule has 0 spiro atoms. The Hall–Kier alpha value is -1.52. The lowest BCUT2D eigenvalue weighted by Gasteiger charge is -2.14. The number of hydrogen-bond donors (Lipinski definition) is 0. The van der Waals surface area contributed by atoms with Crippen LogP contribution in [0.15, 0.2) is 18.2 Å². The lowest BCUT2D eigenvalue weighted by Crippen LogP contribution is -2.16. The van der Waals surface area contributed by atoms with Gasteiger partial charge in [0.1, 0.15) is 0 Å². The van der Waals surface area contributed by atoms with Crippen LogP contribution in [0.25, 0.3) is 11.0 Å². The van der Waals surface area contributed by atoms with Crippen LogP contribution in [0.1, 0.15) is 31.3 Å². The van der Waals surface area contributed by atoms with Crippen LogP contribution >= 0.6 is 0 Å². The van der Waals surface area contributed by atoms with E-state index in [0.29, 0.717) is 11.0 Å². The molecule has 0 N–H and O–H groups in total. The Bertz CT molecular complexity index is 553. The Labute approximate surface area is 97.1 Å². The van der Waals surface area contributed by atoms with Gasteiger partial charge in [-0.1, -0.05) is 6.07 Å². The first-order chi connectivity index (χ1) is 7.80. The lowest BCUT2D eigenvalue weighted by atomic mass is 10.2. The number of benzene rings is 1. The van der Waals surface area contributed by atoms with E-state index >= 15 is 0 Å². The molecule has 0 radical (unpaired) electrons. The minimum absolute atomic E-state index is 0.278. The average molecular weight is 242 g/mol. The van der Waals surface area contributed by atoms with Gasteiger partial charge < -0.3 is 4.57 Å². The molecule has 5 heteroatoms. The van der Waals surface area contributed by atoms with E-state index in [1.807, 2.05) is 6.92 Å². The minimum atomic E-state index is -4.42. The number of halogens is 3.